The van der Waals surface area contributed by atoms with E-state index in [0.717, 1.165) is 5.56 Å². The summed E-state index contributed by atoms with van der Waals surface area (Å²) in [5.74, 6) is -8.66. The molecule has 2 aromatic carbocycles. The third kappa shape index (κ3) is 22.5. The van der Waals surface area contributed by atoms with E-state index < -0.39 is 119 Å². The first-order valence-corrected chi connectivity index (χ1v) is 26.5. The highest BCUT2D eigenvalue weighted by molar-refractivity contribution is 5.99. The zero-order valence-electron chi connectivity index (χ0n) is 46.6. The van der Waals surface area contributed by atoms with Gasteiger partial charge in [-0.3, -0.25) is 57.9 Å². The van der Waals surface area contributed by atoms with Crippen molar-refractivity contribution in [3.8, 4) is 0 Å². The van der Waals surface area contributed by atoms with Gasteiger partial charge < -0.3 is 82.3 Å². The molecule has 27 nitrogen and oxygen atoms in total. The van der Waals surface area contributed by atoms with Gasteiger partial charge in [-0.15, -0.1) is 0 Å². The van der Waals surface area contributed by atoms with E-state index >= 15 is 0 Å². The molecule has 2 aromatic rings. The third-order valence-electron chi connectivity index (χ3n) is 12.8. The molecule has 0 aromatic heterocycles. The number of nitrogens with one attached hydrogen (secondary N) is 7. The Morgan fingerprint density at radius 1 is 0.588 bits per heavy atom. The fraction of sp³-hybridized carbons (Fsp3) is 0.547. The number of primary amides is 2. The molecule has 7 atom stereocenters. The Bertz CT molecular complexity index is 2530. The molecule has 440 valence electrons. The molecule has 1 aliphatic rings. The van der Waals surface area contributed by atoms with Gasteiger partial charge in [-0.05, 0) is 89.7 Å². The normalized spacial score (nSPS) is 15.5. The van der Waals surface area contributed by atoms with Crippen molar-refractivity contribution >= 4 is 71.0 Å². The second-order valence-electron chi connectivity index (χ2n) is 21.3. The molecule has 3 rings (SSSR count). The van der Waals surface area contributed by atoms with Crippen LogP contribution in [0.1, 0.15) is 104 Å². The predicted octanol–water partition coefficient (Wildman–Crippen LogP) is -3.48. The Kier molecular flexibility index (Phi) is 25.8. The fourth-order valence-electron chi connectivity index (χ4n) is 8.43. The lowest BCUT2D eigenvalue weighted by Gasteiger charge is -2.31. The van der Waals surface area contributed by atoms with Crippen LogP contribution >= 0.6 is 0 Å². The first kappa shape index (κ1) is 65.9. The summed E-state index contributed by atoms with van der Waals surface area (Å²) in [7, 11) is 0. The molecule has 1 heterocycles. The highest BCUT2D eigenvalue weighted by Gasteiger charge is 2.41. The van der Waals surface area contributed by atoms with E-state index in [9.17, 15) is 47.9 Å². The highest BCUT2D eigenvalue weighted by atomic mass is 16.2. The molecule has 1 fully saturated rings. The first-order valence-electron chi connectivity index (χ1n) is 26.5. The van der Waals surface area contributed by atoms with Gasteiger partial charge in [0.05, 0.1) is 12.0 Å². The van der Waals surface area contributed by atoms with Crippen LogP contribution in [-0.2, 0) is 60.8 Å². The average molecular weight is 1120 g/mol. The van der Waals surface area contributed by atoms with E-state index in [2.05, 4.69) is 47.2 Å². The largest absolute Gasteiger partial charge is 0.370 e. The Labute approximate surface area is 466 Å². The minimum absolute atomic E-state index is 0.0245. The van der Waals surface area contributed by atoms with Crippen LogP contribution in [0.25, 0.3) is 0 Å². The van der Waals surface area contributed by atoms with Gasteiger partial charge in [0.25, 0.3) is 0 Å². The predicted molar refractivity (Wildman–Crippen MR) is 299 cm³/mol. The number of benzene rings is 2. The molecular weight excluding hydrogens is 1030 g/mol. The number of rotatable bonds is 32. The molecule has 0 spiro atoms. The molecule has 0 radical (unpaired) electrons. The number of amides is 10. The number of hydrogen-bond donors (Lipinski definition) is 14. The minimum atomic E-state index is -1.61. The van der Waals surface area contributed by atoms with Gasteiger partial charge in [0.2, 0.25) is 59.1 Å². The van der Waals surface area contributed by atoms with Crippen LogP contribution in [0.15, 0.2) is 70.6 Å². The van der Waals surface area contributed by atoms with Gasteiger partial charge in [0.1, 0.15) is 47.8 Å². The van der Waals surface area contributed by atoms with E-state index in [1.165, 1.54) is 32.6 Å². The van der Waals surface area contributed by atoms with Crippen LogP contribution < -0.4 is 77.4 Å². The van der Waals surface area contributed by atoms with Gasteiger partial charge in [0, 0.05) is 32.5 Å². The van der Waals surface area contributed by atoms with Crippen LogP contribution in [-0.4, -0.2) is 149 Å². The summed E-state index contributed by atoms with van der Waals surface area (Å²) in [4.78, 5) is 146. The standard InChI is InChI=1S/C53H83N17O10/c1-30(2)26-35(65-44(75)37(68-49(80)52(3,4)60)28-32-18-11-8-12-19-32)42(73)66-36(27-31-16-9-7-10-17-31)43(74)64-34(21-14-24-62-51(58)59)47(78)70-25-15-22-39(70)46(77)63-33(20-13-23-61-50(56)57)41(72)67-38(29-40(54)71)45(76)69-53(5,6)48(55)79/h7-12,16-19,30,33-39H,13-15,20-29,60H2,1-6H3,(H2,54,71)(H2,55,79)(H,63,77)(H,64,74)(H,65,75)(H,66,73)(H,67,72)(H,68,80)(H,69,76)(H4,56,57,61)(H4,58,59,62)/t33-,34-,35-,36-,37-,38-,39-/m0/s1. The summed E-state index contributed by atoms with van der Waals surface area (Å²) in [5, 5.41) is 18.6. The van der Waals surface area contributed by atoms with E-state index in [0.29, 0.717) is 12.0 Å². The molecule has 1 saturated heterocycles. The molecule has 0 aliphatic carbocycles. The molecule has 0 unspecified atom stereocenters. The van der Waals surface area contributed by atoms with Crippen molar-refractivity contribution in [1.29, 1.82) is 0 Å². The number of hydrogen-bond acceptors (Lipinski definition) is 13. The number of nitrogens with zero attached hydrogens (tertiary/aromatic N) is 3. The number of nitrogens with two attached hydrogens (primary N) is 7. The van der Waals surface area contributed by atoms with E-state index in [1.807, 2.05) is 13.8 Å². The number of carbonyl (C=O) groups excluding carboxylic acids is 10. The summed E-state index contributed by atoms with van der Waals surface area (Å²) in [6.07, 6.45) is -0.00416. The summed E-state index contributed by atoms with van der Waals surface area (Å²) in [5.41, 5.74) is 37.5. The number of aliphatic imine (C=N–C) groups is 2. The summed E-state index contributed by atoms with van der Waals surface area (Å²) in [6, 6.07) is 8.42. The smallest absolute Gasteiger partial charge is 0.245 e. The van der Waals surface area contributed by atoms with Crippen molar-refractivity contribution in [2.24, 2.45) is 56.0 Å². The Morgan fingerprint density at radius 2 is 1.04 bits per heavy atom. The molecule has 0 saturated carbocycles. The summed E-state index contributed by atoms with van der Waals surface area (Å²) in [6.45, 7) is 9.41. The molecule has 21 N–H and O–H groups in total. The van der Waals surface area contributed by atoms with E-state index in [-0.39, 0.29) is 88.8 Å². The topological polar surface area (TPSA) is 465 Å². The Hall–Kier alpha value is -8.36. The molecular formula is C53H83N17O10. The highest BCUT2D eigenvalue weighted by Crippen LogP contribution is 2.21. The quantitative estimate of drug-likeness (QED) is 0.0192. The fourth-order valence-corrected chi connectivity index (χ4v) is 8.43. The lowest BCUT2D eigenvalue weighted by Crippen LogP contribution is -2.61. The van der Waals surface area contributed by atoms with Gasteiger partial charge in [-0.2, -0.15) is 0 Å². The molecule has 27 heteroatoms. The maximum atomic E-state index is 14.8. The lowest BCUT2D eigenvalue weighted by atomic mass is 9.99. The van der Waals surface area contributed by atoms with Crippen LogP contribution in [0.3, 0.4) is 0 Å². The van der Waals surface area contributed by atoms with Crippen molar-refractivity contribution in [3.05, 3.63) is 71.8 Å². The average Bonchev–Trinajstić information content (AvgIpc) is 3.88. The van der Waals surface area contributed by atoms with E-state index in [1.54, 1.807) is 60.7 Å². The number of likely N-dealkylation sites (tertiary alicyclic amines) is 1. The van der Waals surface area contributed by atoms with Crippen LogP contribution in [0.4, 0.5) is 0 Å². The molecule has 0 bridgehead atoms. The Balaban J connectivity index is 1.99. The maximum Gasteiger partial charge on any atom is 0.245 e. The summed E-state index contributed by atoms with van der Waals surface area (Å²) >= 11 is 0. The molecule has 80 heavy (non-hydrogen) atoms. The first-order chi connectivity index (χ1) is 37.5. The number of carbonyl (C=O) groups is 10. The van der Waals surface area contributed by atoms with Crippen molar-refractivity contribution in [2.75, 3.05) is 19.6 Å². The lowest BCUT2D eigenvalue weighted by molar-refractivity contribution is -0.143. The van der Waals surface area contributed by atoms with Crippen LogP contribution in [0.5, 0.6) is 0 Å². The van der Waals surface area contributed by atoms with Crippen molar-refractivity contribution < 1.29 is 47.9 Å². The van der Waals surface area contributed by atoms with Gasteiger partial charge >= 0.3 is 0 Å². The minimum Gasteiger partial charge on any atom is -0.370 e. The van der Waals surface area contributed by atoms with Crippen LogP contribution in [0.2, 0.25) is 0 Å². The van der Waals surface area contributed by atoms with Crippen molar-refractivity contribution in [3.63, 3.8) is 0 Å². The van der Waals surface area contributed by atoms with Crippen LogP contribution in [0, 0.1) is 5.92 Å². The summed E-state index contributed by atoms with van der Waals surface area (Å²) < 4.78 is 0. The van der Waals surface area contributed by atoms with Gasteiger partial charge in [-0.25, -0.2) is 0 Å². The number of guanidine groups is 2. The van der Waals surface area contributed by atoms with Crippen molar-refractivity contribution in [2.45, 2.75) is 159 Å². The van der Waals surface area contributed by atoms with Crippen molar-refractivity contribution in [1.82, 2.24) is 42.1 Å². The van der Waals surface area contributed by atoms with Gasteiger partial charge in [-0.1, -0.05) is 74.5 Å². The third-order valence-corrected chi connectivity index (χ3v) is 12.8. The monoisotopic (exact) mass is 1120 g/mol. The zero-order chi connectivity index (χ0) is 59.9. The SMILES string of the molecule is CC(C)C[C@H](NC(=O)[C@H](Cc1ccccc1)NC(=O)C(C)(C)N)C(=O)N[C@@H](Cc1ccccc1)C(=O)N[C@@H](CCCN=C(N)N)C(=O)N1CCC[C@H]1C(=O)N[C@@H](CCCN=C(N)N)C(=O)N[C@@H](CC(N)=O)C(=O)NC(C)(C)C(N)=O. The second-order valence-corrected chi connectivity index (χ2v) is 21.3. The second kappa shape index (κ2) is 31.3. The van der Waals surface area contributed by atoms with E-state index in [4.69, 9.17) is 40.1 Å². The zero-order valence-corrected chi connectivity index (χ0v) is 46.6. The molecule has 10 amide bonds. The molecule has 1 aliphatic heterocycles. The maximum absolute atomic E-state index is 14.8. The Morgan fingerprint density at radius 3 is 1.51 bits per heavy atom. The van der Waals surface area contributed by atoms with Gasteiger partial charge in [0.15, 0.2) is 11.9 Å².